The molecule has 5 nitrogen and oxygen atoms in total. The zero-order chi connectivity index (χ0) is 9.94. The summed E-state index contributed by atoms with van der Waals surface area (Å²) in [6.07, 6.45) is 0. The van der Waals surface area contributed by atoms with Crippen LogP contribution in [0, 0.1) is 0 Å². The van der Waals surface area contributed by atoms with Crippen LogP contribution >= 0.6 is 0 Å². The van der Waals surface area contributed by atoms with Gasteiger partial charge in [0.25, 0.3) is 0 Å². The molecule has 0 aliphatic rings. The van der Waals surface area contributed by atoms with E-state index >= 15 is 0 Å². The second-order valence-corrected chi connectivity index (χ2v) is 5.09. The summed E-state index contributed by atoms with van der Waals surface area (Å²) < 4.78 is 24.0. The first-order chi connectivity index (χ1) is 5.27. The zero-order valence-electron chi connectivity index (χ0n) is 7.37. The van der Waals surface area contributed by atoms with Crippen LogP contribution in [0.15, 0.2) is 0 Å². The van der Waals surface area contributed by atoms with E-state index < -0.39 is 27.2 Å². The summed E-state index contributed by atoms with van der Waals surface area (Å²) in [6, 6.07) is -0.807. The van der Waals surface area contributed by atoms with Crippen LogP contribution in [-0.2, 0) is 14.8 Å². The Balaban J connectivity index is 4.38. The summed E-state index contributed by atoms with van der Waals surface area (Å²) in [4.78, 5) is 10.8. The fraction of sp³-hybridized carbons (Fsp3) is 0.833. The standard InChI is InChI=1S/C6H14N2O3S/c1-4(2)12(10,11)8-6(9)5(3)7/h4-5H,7H2,1-3H3,(H,8,9). The topological polar surface area (TPSA) is 89.3 Å². The van der Waals surface area contributed by atoms with Gasteiger partial charge in [-0.15, -0.1) is 0 Å². The predicted molar refractivity (Wildman–Crippen MR) is 45.8 cm³/mol. The normalized spacial score (nSPS) is 14.4. The van der Waals surface area contributed by atoms with E-state index in [1.165, 1.54) is 20.8 Å². The third-order valence-corrected chi connectivity index (χ3v) is 3.00. The van der Waals surface area contributed by atoms with Crippen LogP contribution in [0.5, 0.6) is 0 Å². The molecule has 1 unspecified atom stereocenters. The van der Waals surface area contributed by atoms with Crippen molar-refractivity contribution in [1.82, 2.24) is 4.72 Å². The molecule has 0 fully saturated rings. The van der Waals surface area contributed by atoms with Gasteiger partial charge in [0.1, 0.15) is 0 Å². The van der Waals surface area contributed by atoms with E-state index in [1.54, 1.807) is 0 Å². The summed E-state index contributed by atoms with van der Waals surface area (Å²) in [7, 11) is -3.52. The van der Waals surface area contributed by atoms with Crippen LogP contribution < -0.4 is 10.5 Å². The summed E-state index contributed by atoms with van der Waals surface area (Å²) in [5.74, 6) is -0.677. The number of hydrogen-bond donors (Lipinski definition) is 2. The summed E-state index contributed by atoms with van der Waals surface area (Å²) in [6.45, 7) is 4.39. The summed E-state index contributed by atoms with van der Waals surface area (Å²) in [5.41, 5.74) is 5.17. The van der Waals surface area contributed by atoms with Crippen LogP contribution in [0.1, 0.15) is 20.8 Å². The van der Waals surface area contributed by atoms with Gasteiger partial charge in [-0.1, -0.05) is 0 Å². The van der Waals surface area contributed by atoms with E-state index in [1.807, 2.05) is 4.72 Å². The van der Waals surface area contributed by atoms with Gasteiger partial charge in [0, 0.05) is 0 Å². The molecule has 0 aliphatic heterocycles. The van der Waals surface area contributed by atoms with E-state index in [2.05, 4.69) is 0 Å². The van der Waals surface area contributed by atoms with Crippen LogP contribution in [0.25, 0.3) is 0 Å². The van der Waals surface area contributed by atoms with Gasteiger partial charge in [-0.2, -0.15) is 0 Å². The molecule has 0 rings (SSSR count). The molecular weight excluding hydrogens is 180 g/mol. The smallest absolute Gasteiger partial charge is 0.250 e. The molecule has 3 N–H and O–H groups in total. The highest BCUT2D eigenvalue weighted by molar-refractivity contribution is 7.90. The lowest BCUT2D eigenvalue weighted by molar-refractivity contribution is -0.120. The van der Waals surface area contributed by atoms with Crippen molar-refractivity contribution < 1.29 is 13.2 Å². The van der Waals surface area contributed by atoms with Crippen LogP contribution in [0.4, 0.5) is 0 Å². The number of nitrogens with two attached hydrogens (primary N) is 1. The highest BCUT2D eigenvalue weighted by atomic mass is 32.2. The fourth-order valence-corrected chi connectivity index (χ4v) is 1.05. The van der Waals surface area contributed by atoms with Crippen molar-refractivity contribution in [3.05, 3.63) is 0 Å². The van der Waals surface area contributed by atoms with E-state index in [0.717, 1.165) is 0 Å². The minimum absolute atomic E-state index is 0.625. The Labute approximate surface area is 72.4 Å². The van der Waals surface area contributed by atoms with Crippen LogP contribution in [-0.4, -0.2) is 25.6 Å². The Morgan fingerprint density at radius 1 is 1.33 bits per heavy atom. The number of rotatable bonds is 3. The molecule has 0 aromatic heterocycles. The predicted octanol–water partition coefficient (Wildman–Crippen LogP) is -0.812. The Bertz CT molecular complexity index is 256. The SMILES string of the molecule is CC(N)C(=O)NS(=O)(=O)C(C)C. The monoisotopic (exact) mass is 194 g/mol. The number of hydrogen-bond acceptors (Lipinski definition) is 4. The summed E-state index contributed by atoms with van der Waals surface area (Å²) >= 11 is 0. The van der Waals surface area contributed by atoms with Crippen LogP contribution in [0.3, 0.4) is 0 Å². The molecule has 0 heterocycles. The van der Waals surface area contributed by atoms with E-state index in [-0.39, 0.29) is 0 Å². The first-order valence-electron chi connectivity index (χ1n) is 3.58. The average molecular weight is 194 g/mol. The number of carbonyl (C=O) groups is 1. The van der Waals surface area contributed by atoms with Crippen molar-refractivity contribution in [3.63, 3.8) is 0 Å². The van der Waals surface area contributed by atoms with Gasteiger partial charge >= 0.3 is 0 Å². The van der Waals surface area contributed by atoms with Gasteiger partial charge in [-0.25, -0.2) is 8.42 Å². The molecular formula is C6H14N2O3S. The first-order valence-corrected chi connectivity index (χ1v) is 5.13. The highest BCUT2D eigenvalue weighted by Crippen LogP contribution is 1.95. The second kappa shape index (κ2) is 3.86. The van der Waals surface area contributed by atoms with Crippen molar-refractivity contribution in [2.45, 2.75) is 32.1 Å². The van der Waals surface area contributed by atoms with Gasteiger partial charge in [-0.05, 0) is 20.8 Å². The molecule has 0 aromatic rings. The number of amides is 1. The third-order valence-electron chi connectivity index (χ3n) is 1.28. The lowest BCUT2D eigenvalue weighted by Crippen LogP contribution is -2.44. The van der Waals surface area contributed by atoms with E-state index in [0.29, 0.717) is 0 Å². The zero-order valence-corrected chi connectivity index (χ0v) is 8.18. The molecule has 0 saturated heterocycles. The van der Waals surface area contributed by atoms with E-state index in [9.17, 15) is 13.2 Å². The molecule has 0 aliphatic carbocycles. The van der Waals surface area contributed by atoms with Crippen molar-refractivity contribution in [3.8, 4) is 0 Å². The van der Waals surface area contributed by atoms with Gasteiger partial charge in [-0.3, -0.25) is 9.52 Å². The Morgan fingerprint density at radius 2 is 1.75 bits per heavy atom. The Morgan fingerprint density at radius 3 is 2.00 bits per heavy atom. The molecule has 12 heavy (non-hydrogen) atoms. The average Bonchev–Trinajstić information content (AvgIpc) is 1.85. The third kappa shape index (κ3) is 3.19. The van der Waals surface area contributed by atoms with Gasteiger partial charge in [0.2, 0.25) is 15.9 Å². The first kappa shape index (κ1) is 11.4. The van der Waals surface area contributed by atoms with Gasteiger partial charge in [0.15, 0.2) is 0 Å². The maximum Gasteiger partial charge on any atom is 0.250 e. The molecule has 6 heteroatoms. The van der Waals surface area contributed by atoms with Crippen molar-refractivity contribution in [1.29, 1.82) is 0 Å². The molecule has 1 atom stereocenters. The molecule has 0 spiro atoms. The van der Waals surface area contributed by atoms with Gasteiger partial charge < -0.3 is 5.73 Å². The minimum Gasteiger partial charge on any atom is -0.320 e. The van der Waals surface area contributed by atoms with Gasteiger partial charge in [0.05, 0.1) is 11.3 Å². The molecule has 0 saturated carbocycles. The molecule has 0 radical (unpaired) electrons. The van der Waals surface area contributed by atoms with Crippen LogP contribution in [0.2, 0.25) is 0 Å². The summed E-state index contributed by atoms with van der Waals surface area (Å²) in [5, 5.41) is -0.625. The maximum atomic E-state index is 11.1. The number of sulfonamides is 1. The Hall–Kier alpha value is -0.620. The Kier molecular flexibility index (Phi) is 3.66. The molecule has 0 aromatic carbocycles. The highest BCUT2D eigenvalue weighted by Gasteiger charge is 2.20. The fourth-order valence-electron chi connectivity index (χ4n) is 0.351. The number of carbonyl (C=O) groups excluding carboxylic acids is 1. The second-order valence-electron chi connectivity index (χ2n) is 2.85. The lowest BCUT2D eigenvalue weighted by Gasteiger charge is -2.10. The largest absolute Gasteiger partial charge is 0.320 e. The van der Waals surface area contributed by atoms with E-state index in [4.69, 9.17) is 5.73 Å². The lowest BCUT2D eigenvalue weighted by atomic mass is 10.4. The molecule has 1 amide bonds. The minimum atomic E-state index is -3.52. The van der Waals surface area contributed by atoms with Crippen molar-refractivity contribution in [2.75, 3.05) is 0 Å². The number of nitrogens with one attached hydrogen (secondary N) is 1. The maximum absolute atomic E-state index is 11.1. The molecule has 72 valence electrons. The van der Waals surface area contributed by atoms with Crippen molar-refractivity contribution >= 4 is 15.9 Å². The quantitative estimate of drug-likeness (QED) is 0.614. The molecule has 0 bridgehead atoms. The van der Waals surface area contributed by atoms with Crippen molar-refractivity contribution in [2.24, 2.45) is 5.73 Å².